The number of nitrogens with zero attached hydrogens (tertiary/aromatic N) is 5. The molecule has 0 bridgehead atoms. The molecule has 3 rings (SSSR count). The van der Waals surface area contributed by atoms with Crippen LogP contribution in [0.5, 0.6) is 0 Å². The topological polar surface area (TPSA) is 204 Å². The first kappa shape index (κ1) is 40.8. The second kappa shape index (κ2) is 19.7. The van der Waals surface area contributed by atoms with Gasteiger partial charge in [-0.2, -0.15) is 13.2 Å². The molecule has 280 valence electrons. The fraction of sp³-hybridized carbons (Fsp3) is 0.515. The summed E-state index contributed by atoms with van der Waals surface area (Å²) in [6.45, 7) is 0.304. The number of hydrogen-bond donors (Lipinski definition) is 5. The van der Waals surface area contributed by atoms with Gasteiger partial charge in [0, 0.05) is 71.5 Å². The highest BCUT2D eigenvalue weighted by atomic mass is 19.4. The quantitative estimate of drug-likeness (QED) is 0.164. The van der Waals surface area contributed by atoms with Gasteiger partial charge in [0.1, 0.15) is 6.04 Å². The van der Waals surface area contributed by atoms with E-state index in [1.807, 2.05) is 0 Å². The lowest BCUT2D eigenvalue weighted by atomic mass is 10.0. The van der Waals surface area contributed by atoms with E-state index in [-0.39, 0.29) is 109 Å². The maximum atomic E-state index is 13.2. The van der Waals surface area contributed by atoms with Gasteiger partial charge >= 0.3 is 30.1 Å². The number of carboxylic acids is 4. The van der Waals surface area contributed by atoms with Crippen molar-refractivity contribution in [2.75, 3.05) is 78.5 Å². The Hall–Kier alpha value is -4.65. The Labute approximate surface area is 292 Å². The van der Waals surface area contributed by atoms with E-state index in [4.69, 9.17) is 0 Å². The minimum atomic E-state index is -4.53. The van der Waals surface area contributed by atoms with Crippen molar-refractivity contribution in [3.05, 3.63) is 65.0 Å². The highest BCUT2D eigenvalue weighted by molar-refractivity contribution is 5.95. The van der Waals surface area contributed by atoms with E-state index in [1.54, 1.807) is 19.6 Å². The lowest BCUT2D eigenvalue weighted by Gasteiger charge is -2.35. The fourth-order valence-electron chi connectivity index (χ4n) is 5.80. The van der Waals surface area contributed by atoms with Gasteiger partial charge in [-0.3, -0.25) is 48.6 Å². The summed E-state index contributed by atoms with van der Waals surface area (Å²) in [7, 11) is 0. The maximum absolute atomic E-state index is 13.2. The smallest absolute Gasteiger partial charge is 0.416 e. The minimum absolute atomic E-state index is 0.0288. The van der Waals surface area contributed by atoms with E-state index in [0.717, 1.165) is 12.1 Å². The number of aromatic nitrogens is 1. The average Bonchev–Trinajstić information content (AvgIpc) is 3.04. The molecular weight excluding hydrogens is 681 g/mol. The average molecular weight is 725 g/mol. The van der Waals surface area contributed by atoms with Crippen LogP contribution in [0.1, 0.15) is 40.0 Å². The molecule has 1 amide bonds. The van der Waals surface area contributed by atoms with Gasteiger partial charge in [-0.25, -0.2) is 0 Å². The number of hydrogen-bond acceptors (Lipinski definition) is 10. The number of benzene rings is 1. The van der Waals surface area contributed by atoms with Crippen molar-refractivity contribution in [1.82, 2.24) is 29.9 Å². The molecule has 15 nitrogen and oxygen atoms in total. The van der Waals surface area contributed by atoms with E-state index in [1.165, 1.54) is 30.5 Å². The predicted octanol–water partition coefficient (Wildman–Crippen LogP) is 1.13. The van der Waals surface area contributed by atoms with Gasteiger partial charge in [0.15, 0.2) is 0 Å². The second-order valence-electron chi connectivity index (χ2n) is 12.2. The third-order valence-corrected chi connectivity index (χ3v) is 8.37. The van der Waals surface area contributed by atoms with Gasteiger partial charge in [-0.15, -0.1) is 0 Å². The van der Waals surface area contributed by atoms with Crippen LogP contribution < -0.4 is 5.32 Å². The standard InChI is InChI=1S/C33H43F3N6O9/c34-33(35,36)24-5-1-4-23(18-24)19-26-25(6-2-8-37-26)31(49)38-9-3-7-27(32(50)51)42-16-14-40(21-29(45)46)12-10-39(20-28(43)44)11-13-41(15-17-42)22-30(47)48/h1-2,4-6,8,18,27H,3,7,9-17,19-22H2,(H,38,49)(H,43,44)(H,45,46)(H,47,48)(H,50,51). The van der Waals surface area contributed by atoms with E-state index in [2.05, 4.69) is 10.3 Å². The Kier molecular flexibility index (Phi) is 15.7. The lowest BCUT2D eigenvalue weighted by molar-refractivity contribution is -0.145. The Morgan fingerprint density at radius 1 is 0.765 bits per heavy atom. The van der Waals surface area contributed by atoms with Gasteiger partial charge < -0.3 is 25.7 Å². The molecule has 1 atom stereocenters. The van der Waals surface area contributed by atoms with Crippen molar-refractivity contribution >= 4 is 29.8 Å². The number of pyridine rings is 1. The summed E-state index contributed by atoms with van der Waals surface area (Å²) >= 11 is 0. The van der Waals surface area contributed by atoms with Gasteiger partial charge in [-0.1, -0.05) is 18.2 Å². The third-order valence-electron chi connectivity index (χ3n) is 8.37. The van der Waals surface area contributed by atoms with Crippen molar-refractivity contribution in [3.63, 3.8) is 0 Å². The van der Waals surface area contributed by atoms with Crippen LogP contribution in [0.15, 0.2) is 42.6 Å². The fourth-order valence-corrected chi connectivity index (χ4v) is 5.80. The Morgan fingerprint density at radius 3 is 1.78 bits per heavy atom. The molecule has 1 aromatic heterocycles. The number of alkyl halides is 3. The Morgan fingerprint density at radius 2 is 1.29 bits per heavy atom. The van der Waals surface area contributed by atoms with E-state index in [0.29, 0.717) is 5.56 Å². The van der Waals surface area contributed by atoms with Gasteiger partial charge in [0.25, 0.3) is 5.91 Å². The molecule has 2 heterocycles. The zero-order valence-electron chi connectivity index (χ0n) is 27.9. The zero-order chi connectivity index (χ0) is 37.6. The summed E-state index contributed by atoms with van der Waals surface area (Å²) in [6.07, 6.45) is -2.85. The number of carbonyl (C=O) groups is 5. The molecule has 0 saturated carbocycles. The van der Waals surface area contributed by atoms with E-state index >= 15 is 0 Å². The second-order valence-corrected chi connectivity index (χ2v) is 12.2. The molecule has 1 aromatic carbocycles. The largest absolute Gasteiger partial charge is 0.480 e. The van der Waals surface area contributed by atoms with Gasteiger partial charge in [0.2, 0.25) is 0 Å². The zero-order valence-corrected chi connectivity index (χ0v) is 27.9. The number of carboxylic acid groups (broad SMARTS) is 4. The van der Waals surface area contributed by atoms with Gasteiger partial charge in [-0.05, 0) is 36.6 Å². The molecule has 1 fully saturated rings. The van der Waals surface area contributed by atoms with Crippen molar-refractivity contribution in [2.24, 2.45) is 0 Å². The molecule has 2 aromatic rings. The normalized spacial score (nSPS) is 16.8. The summed E-state index contributed by atoms with van der Waals surface area (Å²) in [5, 5.41) is 41.2. The lowest BCUT2D eigenvalue weighted by Crippen LogP contribution is -2.51. The van der Waals surface area contributed by atoms with Gasteiger partial charge in [0.05, 0.1) is 36.5 Å². The van der Waals surface area contributed by atoms with Crippen LogP contribution in [0, 0.1) is 0 Å². The highest BCUT2D eigenvalue weighted by Gasteiger charge is 2.31. The molecule has 0 radical (unpaired) electrons. The SMILES string of the molecule is O=C(O)CN1CCN(CC(=O)O)CCN(C(CCCNC(=O)c2cccnc2Cc2cccc(C(F)(F)F)c2)C(=O)O)CCN(CC(=O)O)CC1. The highest BCUT2D eigenvalue weighted by Crippen LogP contribution is 2.30. The number of nitrogens with one attached hydrogen (secondary N) is 1. The van der Waals surface area contributed by atoms with Crippen molar-refractivity contribution < 1.29 is 57.6 Å². The summed E-state index contributed by atoms with van der Waals surface area (Å²) < 4.78 is 39.6. The maximum Gasteiger partial charge on any atom is 0.416 e. The van der Waals surface area contributed by atoms with Crippen LogP contribution >= 0.6 is 0 Å². The van der Waals surface area contributed by atoms with Crippen molar-refractivity contribution in [1.29, 1.82) is 0 Å². The third kappa shape index (κ3) is 14.2. The summed E-state index contributed by atoms with van der Waals surface area (Å²) in [4.78, 5) is 70.8. The molecule has 18 heteroatoms. The molecule has 0 aliphatic carbocycles. The number of aliphatic carboxylic acids is 4. The van der Waals surface area contributed by atoms with Crippen LogP contribution in [-0.4, -0.2) is 159 Å². The van der Waals surface area contributed by atoms with Crippen LogP contribution in [0.25, 0.3) is 0 Å². The summed E-state index contributed by atoms with van der Waals surface area (Å²) in [5.74, 6) is -4.99. The molecule has 5 N–H and O–H groups in total. The number of halogens is 3. The summed E-state index contributed by atoms with van der Waals surface area (Å²) in [5.41, 5.74) is -0.0835. The Balaban J connectivity index is 1.69. The van der Waals surface area contributed by atoms with Crippen LogP contribution in [0.3, 0.4) is 0 Å². The number of carbonyl (C=O) groups excluding carboxylic acids is 1. The Bertz CT molecular complexity index is 1480. The molecule has 1 aliphatic heterocycles. The van der Waals surface area contributed by atoms with E-state index < -0.39 is 47.6 Å². The first-order chi connectivity index (χ1) is 24.1. The number of amides is 1. The van der Waals surface area contributed by atoms with Crippen molar-refractivity contribution in [2.45, 2.75) is 31.5 Å². The first-order valence-electron chi connectivity index (χ1n) is 16.3. The molecule has 1 aliphatic rings. The molecule has 0 spiro atoms. The summed E-state index contributed by atoms with van der Waals surface area (Å²) in [6, 6.07) is 6.68. The van der Waals surface area contributed by atoms with Crippen molar-refractivity contribution in [3.8, 4) is 0 Å². The van der Waals surface area contributed by atoms with E-state index in [9.17, 15) is 57.6 Å². The monoisotopic (exact) mass is 724 g/mol. The molecular formula is C33H43F3N6O9. The molecule has 1 saturated heterocycles. The van der Waals surface area contributed by atoms with Crippen LogP contribution in [0.2, 0.25) is 0 Å². The van der Waals surface area contributed by atoms with Crippen LogP contribution in [-0.2, 0) is 31.8 Å². The first-order valence-corrected chi connectivity index (χ1v) is 16.3. The molecule has 1 unspecified atom stereocenters. The predicted molar refractivity (Wildman–Crippen MR) is 175 cm³/mol. The number of rotatable bonds is 15. The molecule has 51 heavy (non-hydrogen) atoms. The minimum Gasteiger partial charge on any atom is -0.480 e. The van der Waals surface area contributed by atoms with Crippen LogP contribution in [0.4, 0.5) is 13.2 Å².